The molecule has 2 aromatic heterocycles. The molecule has 3 heterocycles. The number of piperidine rings is 1. The van der Waals surface area contributed by atoms with Crippen LogP contribution in [0.15, 0.2) is 55.0 Å². The van der Waals surface area contributed by atoms with E-state index >= 15 is 0 Å². The summed E-state index contributed by atoms with van der Waals surface area (Å²) in [7, 11) is 1.59. The molecule has 42 heavy (non-hydrogen) atoms. The Balaban J connectivity index is 1.16. The van der Waals surface area contributed by atoms with Crippen LogP contribution in [0.25, 0.3) is 22.0 Å². The van der Waals surface area contributed by atoms with Crippen molar-refractivity contribution in [3.05, 3.63) is 77.5 Å². The van der Waals surface area contributed by atoms with E-state index in [-0.39, 0.29) is 11.8 Å². The van der Waals surface area contributed by atoms with Gasteiger partial charge in [0.25, 0.3) is 11.8 Å². The smallest absolute Gasteiger partial charge is 0.383 e. The van der Waals surface area contributed by atoms with Gasteiger partial charge in [0.1, 0.15) is 0 Å². The van der Waals surface area contributed by atoms with Crippen LogP contribution in [0.4, 0.5) is 13.2 Å². The second-order valence-corrected chi connectivity index (χ2v) is 10.4. The van der Waals surface area contributed by atoms with Gasteiger partial charge in [-0.25, -0.2) is 9.97 Å². The number of benzene rings is 2. The van der Waals surface area contributed by atoms with E-state index in [0.29, 0.717) is 54.4 Å². The first-order valence-corrected chi connectivity index (χ1v) is 13.7. The number of amides is 2. The Kier molecular flexibility index (Phi) is 8.53. The highest BCUT2D eigenvalue weighted by Gasteiger charge is 2.34. The van der Waals surface area contributed by atoms with Gasteiger partial charge in [0.05, 0.1) is 12.1 Å². The summed E-state index contributed by atoms with van der Waals surface area (Å²) in [4.78, 5) is 34.3. The van der Waals surface area contributed by atoms with Crippen molar-refractivity contribution in [2.75, 3.05) is 33.4 Å². The second kappa shape index (κ2) is 12.3. The maximum atomic E-state index is 13.1. The number of carbonyl (C=O) groups is 2. The van der Waals surface area contributed by atoms with Gasteiger partial charge in [-0.2, -0.15) is 18.3 Å². The minimum Gasteiger partial charge on any atom is -0.383 e. The van der Waals surface area contributed by atoms with Crippen LogP contribution in [0.3, 0.4) is 0 Å². The van der Waals surface area contributed by atoms with Crippen molar-refractivity contribution in [3.63, 3.8) is 0 Å². The molecule has 2 aromatic carbocycles. The Morgan fingerprint density at radius 2 is 1.71 bits per heavy atom. The molecule has 0 spiro atoms. The van der Waals surface area contributed by atoms with Crippen LogP contribution in [0.5, 0.6) is 0 Å². The molecule has 9 nitrogen and oxygen atoms in total. The van der Waals surface area contributed by atoms with Gasteiger partial charge in [-0.3, -0.25) is 14.3 Å². The molecule has 1 N–H and O–H groups in total. The molecular weight excluding hydrogens is 549 g/mol. The molecular formula is C30H31F3N6O3. The first-order valence-electron chi connectivity index (χ1n) is 13.7. The first-order chi connectivity index (χ1) is 20.1. The Morgan fingerprint density at radius 1 is 1.02 bits per heavy atom. The first kappa shape index (κ1) is 29.2. The van der Waals surface area contributed by atoms with Crippen LogP contribution in [-0.4, -0.2) is 69.8 Å². The monoisotopic (exact) mass is 580 g/mol. The third-order valence-electron chi connectivity index (χ3n) is 7.56. The van der Waals surface area contributed by atoms with Gasteiger partial charge in [-0.1, -0.05) is 12.1 Å². The number of nitrogens with one attached hydrogen (secondary N) is 1. The van der Waals surface area contributed by atoms with Crippen LogP contribution < -0.4 is 5.32 Å². The summed E-state index contributed by atoms with van der Waals surface area (Å²) in [6.45, 7) is 4.76. The topological polar surface area (TPSA) is 102 Å². The molecule has 220 valence electrons. The average molecular weight is 581 g/mol. The number of methoxy groups -OCH3 is 1. The number of ether oxygens (including phenoxy) is 1. The molecule has 1 aliphatic heterocycles. The zero-order valence-corrected chi connectivity index (χ0v) is 23.3. The summed E-state index contributed by atoms with van der Waals surface area (Å²) in [5, 5.41) is 8.51. The van der Waals surface area contributed by atoms with Crippen molar-refractivity contribution in [2.24, 2.45) is 5.92 Å². The van der Waals surface area contributed by atoms with Crippen molar-refractivity contribution in [1.29, 1.82) is 0 Å². The summed E-state index contributed by atoms with van der Waals surface area (Å²) in [5.41, 5.74) is 3.91. The summed E-state index contributed by atoms with van der Waals surface area (Å²) in [5.74, 6) is -1.06. The highest BCUT2D eigenvalue weighted by molar-refractivity contribution is 6.00. The van der Waals surface area contributed by atoms with E-state index in [1.807, 2.05) is 28.8 Å². The van der Waals surface area contributed by atoms with Gasteiger partial charge >= 0.3 is 6.18 Å². The summed E-state index contributed by atoms with van der Waals surface area (Å²) in [6.07, 6.45) is 1.30. The second-order valence-electron chi connectivity index (χ2n) is 10.4. The molecule has 0 aliphatic carbocycles. The number of fused-ring (bicyclic) bond motifs is 1. The number of hydrogen-bond acceptors (Lipinski definition) is 6. The number of aryl methyl sites for hydroxylation is 1. The Labute approximate surface area is 240 Å². The van der Waals surface area contributed by atoms with E-state index < -0.39 is 12.0 Å². The van der Waals surface area contributed by atoms with E-state index in [1.54, 1.807) is 37.4 Å². The Bertz CT molecular complexity index is 1560. The van der Waals surface area contributed by atoms with Gasteiger partial charge < -0.3 is 15.0 Å². The lowest BCUT2D eigenvalue weighted by atomic mass is 9.96. The predicted molar refractivity (Wildman–Crippen MR) is 150 cm³/mol. The minimum atomic E-state index is -4.60. The van der Waals surface area contributed by atoms with Gasteiger partial charge in [0.2, 0.25) is 5.82 Å². The zero-order chi connectivity index (χ0) is 29.9. The number of rotatable bonds is 8. The summed E-state index contributed by atoms with van der Waals surface area (Å²) >= 11 is 0. The maximum Gasteiger partial charge on any atom is 0.451 e. The highest BCUT2D eigenvalue weighted by Crippen LogP contribution is 2.28. The van der Waals surface area contributed by atoms with Crippen LogP contribution >= 0.6 is 0 Å². The molecule has 5 rings (SSSR count). The molecule has 1 fully saturated rings. The van der Waals surface area contributed by atoms with E-state index in [9.17, 15) is 22.8 Å². The molecule has 1 saturated heterocycles. The quantitative estimate of drug-likeness (QED) is 0.302. The number of hydrogen-bond donors (Lipinski definition) is 1. The van der Waals surface area contributed by atoms with Crippen molar-refractivity contribution in [3.8, 4) is 11.1 Å². The third kappa shape index (κ3) is 6.43. The van der Waals surface area contributed by atoms with Crippen LogP contribution in [-0.2, 0) is 17.5 Å². The standard InChI is InChI=1S/C30H31F3N6O3/c1-19-24(27(40)34-11-14-42-2)7-8-26-25(19)18-39(37-26)17-20-9-12-38(13-10-20)28(41)22-5-3-21(4-6-22)23-15-35-29(36-16-23)30(31,32)33/h3-8,15-16,18,20H,9-14,17H2,1-2H3,(H,34,40). The van der Waals surface area contributed by atoms with Crippen LogP contribution in [0.2, 0.25) is 0 Å². The van der Waals surface area contributed by atoms with Crippen LogP contribution in [0.1, 0.15) is 44.9 Å². The molecule has 0 atom stereocenters. The lowest BCUT2D eigenvalue weighted by Gasteiger charge is -2.32. The van der Waals surface area contributed by atoms with Gasteiger partial charge in [-0.05, 0) is 61.1 Å². The number of carbonyl (C=O) groups excluding carboxylic acids is 2. The molecule has 12 heteroatoms. The van der Waals surface area contributed by atoms with E-state index in [0.717, 1.165) is 48.2 Å². The number of halogens is 3. The molecule has 0 bridgehead atoms. The van der Waals surface area contributed by atoms with E-state index in [4.69, 9.17) is 9.84 Å². The lowest BCUT2D eigenvalue weighted by molar-refractivity contribution is -0.145. The predicted octanol–water partition coefficient (Wildman–Crippen LogP) is 4.75. The lowest BCUT2D eigenvalue weighted by Crippen LogP contribution is -2.39. The molecule has 2 amide bonds. The summed E-state index contributed by atoms with van der Waals surface area (Å²) in [6, 6.07) is 10.4. The van der Waals surface area contributed by atoms with E-state index in [1.165, 1.54) is 0 Å². The fourth-order valence-corrected chi connectivity index (χ4v) is 5.18. The number of likely N-dealkylation sites (tertiary alicyclic amines) is 1. The number of aromatic nitrogens is 4. The van der Waals surface area contributed by atoms with Gasteiger partial charge in [0, 0.05) is 74.0 Å². The van der Waals surface area contributed by atoms with Crippen molar-refractivity contribution in [1.82, 2.24) is 30.0 Å². The van der Waals surface area contributed by atoms with Gasteiger partial charge in [0.15, 0.2) is 0 Å². The largest absolute Gasteiger partial charge is 0.451 e. The fraction of sp³-hybridized carbons (Fsp3) is 0.367. The van der Waals surface area contributed by atoms with Crippen LogP contribution in [0, 0.1) is 12.8 Å². The van der Waals surface area contributed by atoms with Crippen molar-refractivity contribution < 1.29 is 27.5 Å². The third-order valence-corrected chi connectivity index (χ3v) is 7.56. The normalized spacial score (nSPS) is 14.4. The molecule has 1 aliphatic rings. The number of alkyl halides is 3. The zero-order valence-electron chi connectivity index (χ0n) is 23.3. The Hall–Kier alpha value is -4.32. The number of nitrogens with zero attached hydrogens (tertiary/aromatic N) is 5. The molecule has 4 aromatic rings. The fourth-order valence-electron chi connectivity index (χ4n) is 5.18. The van der Waals surface area contributed by atoms with Gasteiger partial charge in [-0.15, -0.1) is 0 Å². The molecule has 0 radical (unpaired) electrons. The average Bonchev–Trinajstić information content (AvgIpc) is 3.40. The molecule has 0 unspecified atom stereocenters. The van der Waals surface area contributed by atoms with Crippen molar-refractivity contribution in [2.45, 2.75) is 32.5 Å². The minimum absolute atomic E-state index is 0.0829. The van der Waals surface area contributed by atoms with E-state index in [2.05, 4.69) is 15.3 Å². The SMILES string of the molecule is COCCNC(=O)c1ccc2nn(CC3CCN(C(=O)c4ccc(-c5cnc(C(F)(F)F)nc5)cc4)CC3)cc2c1C. The van der Waals surface area contributed by atoms with Crippen molar-refractivity contribution >= 4 is 22.7 Å². The summed E-state index contributed by atoms with van der Waals surface area (Å²) < 4.78 is 45.1. The maximum absolute atomic E-state index is 13.1. The molecule has 0 saturated carbocycles. The highest BCUT2D eigenvalue weighted by atomic mass is 19.4. The Morgan fingerprint density at radius 3 is 2.36 bits per heavy atom.